The van der Waals surface area contributed by atoms with Crippen molar-refractivity contribution in [2.24, 2.45) is 21.5 Å². The number of ether oxygens (including phenoxy) is 1. The van der Waals surface area contributed by atoms with Crippen molar-refractivity contribution in [1.29, 1.82) is 0 Å². The van der Waals surface area contributed by atoms with Crippen LogP contribution >= 0.6 is 0 Å². The third-order valence-electron chi connectivity index (χ3n) is 7.66. The van der Waals surface area contributed by atoms with Crippen molar-refractivity contribution in [3.8, 4) is 5.75 Å². The van der Waals surface area contributed by atoms with Gasteiger partial charge in [0, 0.05) is 18.7 Å². The van der Waals surface area contributed by atoms with E-state index in [0.717, 1.165) is 12.0 Å². The summed E-state index contributed by atoms with van der Waals surface area (Å²) in [5.41, 5.74) is 11.6. The molecule has 12 nitrogen and oxygen atoms in total. The van der Waals surface area contributed by atoms with E-state index in [1.807, 2.05) is 6.07 Å². The number of carbonyl (C=O) groups excluding carboxylic acids is 2. The fourth-order valence-electron chi connectivity index (χ4n) is 5.69. The normalized spacial score (nSPS) is 31.1. The highest BCUT2D eigenvalue weighted by atomic mass is 19.4. The molecule has 1 fully saturated rings. The van der Waals surface area contributed by atoms with Crippen molar-refractivity contribution >= 4 is 23.7 Å². The number of alkyl halides is 3. The molecule has 4 aliphatic heterocycles. The first kappa shape index (κ1) is 25.9. The quantitative estimate of drug-likeness (QED) is 0.279. The Balaban J connectivity index is 1.39. The SMILES string of the molecule is CC1(C)CCOc2c(C(=O)NC3CN4C(N)=N[C@@H](CNC(=O)C(F)(F)F)C5N=C(N)NC54[C@@H]3O)cccc21. The van der Waals surface area contributed by atoms with Crippen LogP contribution in [-0.4, -0.2) is 89.5 Å². The number of hydrogen-bond donors (Lipinski definition) is 6. The van der Waals surface area contributed by atoms with E-state index in [4.69, 9.17) is 16.2 Å². The number of nitrogens with zero attached hydrogens (tertiary/aromatic N) is 3. The van der Waals surface area contributed by atoms with E-state index in [1.54, 1.807) is 17.4 Å². The topological polar surface area (TPSA) is 180 Å². The van der Waals surface area contributed by atoms with E-state index >= 15 is 0 Å². The van der Waals surface area contributed by atoms with E-state index in [-0.39, 0.29) is 23.9 Å². The van der Waals surface area contributed by atoms with Gasteiger partial charge in [-0.15, -0.1) is 0 Å². The average molecular weight is 539 g/mol. The van der Waals surface area contributed by atoms with Crippen molar-refractivity contribution in [1.82, 2.24) is 20.9 Å². The summed E-state index contributed by atoms with van der Waals surface area (Å²) in [5, 5.41) is 19.0. The zero-order valence-electron chi connectivity index (χ0n) is 20.7. The number of aliphatic imine (C=N–C) groups is 2. The van der Waals surface area contributed by atoms with Crippen molar-refractivity contribution in [3.05, 3.63) is 29.3 Å². The van der Waals surface area contributed by atoms with Crippen LogP contribution < -0.4 is 32.2 Å². The van der Waals surface area contributed by atoms with Crippen LogP contribution in [0.4, 0.5) is 13.2 Å². The molecule has 4 heterocycles. The number of para-hydroxylation sites is 1. The Labute approximate surface area is 215 Å². The third kappa shape index (κ3) is 3.95. The lowest BCUT2D eigenvalue weighted by molar-refractivity contribution is -0.173. The summed E-state index contributed by atoms with van der Waals surface area (Å²) >= 11 is 0. The predicted molar refractivity (Wildman–Crippen MR) is 129 cm³/mol. The number of aliphatic hydroxyl groups is 1. The number of halogens is 3. The predicted octanol–water partition coefficient (Wildman–Crippen LogP) is -1.12. The maximum atomic E-state index is 13.4. The Morgan fingerprint density at radius 1 is 1.29 bits per heavy atom. The lowest BCUT2D eigenvalue weighted by Crippen LogP contribution is -2.73. The van der Waals surface area contributed by atoms with E-state index in [9.17, 15) is 27.9 Å². The summed E-state index contributed by atoms with van der Waals surface area (Å²) < 4.78 is 44.0. The first-order chi connectivity index (χ1) is 17.8. The molecule has 0 bridgehead atoms. The molecule has 5 rings (SSSR count). The highest BCUT2D eigenvalue weighted by Crippen LogP contribution is 2.42. The first-order valence-corrected chi connectivity index (χ1v) is 12.1. The second-order valence-corrected chi connectivity index (χ2v) is 10.5. The van der Waals surface area contributed by atoms with Gasteiger partial charge in [0.2, 0.25) is 0 Å². The van der Waals surface area contributed by atoms with Crippen molar-refractivity contribution in [2.45, 2.75) is 61.8 Å². The van der Waals surface area contributed by atoms with Gasteiger partial charge in [-0.25, -0.2) is 9.98 Å². The van der Waals surface area contributed by atoms with Gasteiger partial charge in [0.05, 0.1) is 24.3 Å². The Bertz CT molecular complexity index is 1240. The van der Waals surface area contributed by atoms with E-state index in [2.05, 4.69) is 34.5 Å². The molecule has 38 heavy (non-hydrogen) atoms. The van der Waals surface area contributed by atoms with Crippen molar-refractivity contribution in [3.63, 3.8) is 0 Å². The zero-order valence-corrected chi connectivity index (χ0v) is 20.7. The van der Waals surface area contributed by atoms with Crippen LogP contribution in [0.25, 0.3) is 0 Å². The van der Waals surface area contributed by atoms with Crippen LogP contribution in [0.5, 0.6) is 5.75 Å². The van der Waals surface area contributed by atoms with E-state index < -0.39 is 54.4 Å². The molecule has 0 aromatic heterocycles. The van der Waals surface area contributed by atoms with Gasteiger partial charge >= 0.3 is 12.1 Å². The molecule has 0 radical (unpaired) electrons. The number of amides is 2. The molecule has 1 aromatic carbocycles. The monoisotopic (exact) mass is 538 g/mol. The highest BCUT2D eigenvalue weighted by molar-refractivity contribution is 5.98. The van der Waals surface area contributed by atoms with Crippen LogP contribution in [0.2, 0.25) is 0 Å². The fraction of sp³-hybridized carbons (Fsp3) is 0.565. The van der Waals surface area contributed by atoms with Gasteiger partial charge in [-0.2, -0.15) is 13.2 Å². The molecular weight excluding hydrogens is 509 g/mol. The molecule has 15 heteroatoms. The summed E-state index contributed by atoms with van der Waals surface area (Å²) in [7, 11) is 0. The molecule has 1 saturated heterocycles. The van der Waals surface area contributed by atoms with E-state index in [0.29, 0.717) is 17.9 Å². The number of nitrogens with one attached hydrogen (secondary N) is 3. The minimum absolute atomic E-state index is 0.0115. The number of aliphatic hydroxyl groups excluding tert-OH is 1. The molecule has 4 aliphatic rings. The smallest absolute Gasteiger partial charge is 0.471 e. The maximum absolute atomic E-state index is 13.4. The van der Waals surface area contributed by atoms with Gasteiger partial charge in [0.1, 0.15) is 17.9 Å². The van der Waals surface area contributed by atoms with Crippen molar-refractivity contribution in [2.75, 3.05) is 19.7 Å². The standard InChI is InChI=1S/C23H29F3N8O4/c1-21(2)6-7-38-14-10(4-3-5-11(14)21)17(36)30-13-9-34-20(28)31-12(8-29-18(37)23(24,25)26)15-22(34,16(13)35)33-19(27)32-15/h3-5,12-13,15-16,35H,6-9H2,1-2H3,(H2,28,31)(H,29,37)(H,30,36)(H3,27,32,33)/t12-,13?,15?,16+,22?/m0/s1. The highest BCUT2D eigenvalue weighted by Gasteiger charge is 2.65. The second kappa shape index (κ2) is 8.64. The molecule has 8 N–H and O–H groups in total. The summed E-state index contributed by atoms with van der Waals surface area (Å²) in [4.78, 5) is 34.7. The number of hydrogen-bond acceptors (Lipinski definition) is 10. The molecule has 2 amide bonds. The molecular formula is C23H29F3N8O4. The molecule has 5 atom stereocenters. The van der Waals surface area contributed by atoms with Crippen LogP contribution in [0.1, 0.15) is 36.2 Å². The minimum Gasteiger partial charge on any atom is -0.492 e. The van der Waals surface area contributed by atoms with Crippen molar-refractivity contribution < 1.29 is 32.6 Å². The molecule has 0 saturated carbocycles. The number of rotatable bonds is 4. The van der Waals surface area contributed by atoms with Gasteiger partial charge < -0.3 is 42.2 Å². The number of guanidine groups is 2. The maximum Gasteiger partial charge on any atom is 0.471 e. The van der Waals surface area contributed by atoms with Crippen LogP contribution in [0.15, 0.2) is 28.2 Å². The lowest BCUT2D eigenvalue weighted by atomic mass is 9.79. The van der Waals surface area contributed by atoms with E-state index in [1.165, 1.54) is 4.90 Å². The number of benzene rings is 1. The van der Waals surface area contributed by atoms with Crippen LogP contribution in [0.3, 0.4) is 0 Å². The Hall–Kier alpha value is -3.75. The summed E-state index contributed by atoms with van der Waals surface area (Å²) in [6.45, 7) is 4.05. The number of nitrogens with two attached hydrogens (primary N) is 2. The number of fused-ring (bicyclic) bond motifs is 1. The third-order valence-corrected chi connectivity index (χ3v) is 7.66. The Morgan fingerprint density at radius 2 is 2.03 bits per heavy atom. The Morgan fingerprint density at radius 3 is 2.74 bits per heavy atom. The largest absolute Gasteiger partial charge is 0.492 e. The fourth-order valence-corrected chi connectivity index (χ4v) is 5.69. The van der Waals surface area contributed by atoms with Gasteiger partial charge in [-0.1, -0.05) is 26.0 Å². The minimum atomic E-state index is -5.08. The summed E-state index contributed by atoms with van der Waals surface area (Å²) in [6.07, 6.45) is -5.64. The zero-order chi connectivity index (χ0) is 27.6. The molecule has 1 spiro atoms. The van der Waals surface area contributed by atoms with Crippen LogP contribution in [0, 0.1) is 0 Å². The lowest BCUT2D eigenvalue weighted by Gasteiger charge is -2.46. The van der Waals surface area contributed by atoms with Crippen LogP contribution in [-0.2, 0) is 10.2 Å². The Kier molecular flexibility index (Phi) is 5.89. The molecule has 0 aliphatic carbocycles. The van der Waals surface area contributed by atoms with Gasteiger partial charge in [0.15, 0.2) is 17.6 Å². The van der Waals surface area contributed by atoms with Gasteiger partial charge in [0.25, 0.3) is 5.91 Å². The van der Waals surface area contributed by atoms with Gasteiger partial charge in [-0.3, -0.25) is 9.59 Å². The molecule has 3 unspecified atom stereocenters. The number of carbonyl (C=O) groups is 2. The second-order valence-electron chi connectivity index (χ2n) is 10.5. The molecule has 206 valence electrons. The summed E-state index contributed by atoms with van der Waals surface area (Å²) in [6, 6.07) is 2.36. The summed E-state index contributed by atoms with van der Waals surface area (Å²) in [5.74, 6) is -2.33. The first-order valence-electron chi connectivity index (χ1n) is 12.1. The molecule has 1 aromatic rings. The van der Waals surface area contributed by atoms with Gasteiger partial charge in [-0.05, 0) is 17.9 Å². The average Bonchev–Trinajstić information content (AvgIpc) is 3.33.